The van der Waals surface area contributed by atoms with Crippen molar-refractivity contribution in [2.75, 3.05) is 32.8 Å². The van der Waals surface area contributed by atoms with Crippen LogP contribution >= 0.6 is 0 Å². The van der Waals surface area contributed by atoms with E-state index in [9.17, 15) is 45.8 Å². The molecule has 268 valence electrons. The number of likely N-dealkylation sites (tertiary alicyclic amines) is 2. The third kappa shape index (κ3) is 7.82. The lowest BCUT2D eigenvalue weighted by Gasteiger charge is -2.51. The lowest BCUT2D eigenvalue weighted by atomic mass is 9.71. The number of aromatic nitrogens is 2. The number of carboxylic acid groups (broad SMARTS) is 1. The molecule has 3 fully saturated rings. The van der Waals surface area contributed by atoms with Crippen molar-refractivity contribution in [3.8, 4) is 0 Å². The van der Waals surface area contributed by atoms with E-state index in [1.165, 1.54) is 23.0 Å². The lowest BCUT2D eigenvalue weighted by molar-refractivity contribution is -0.172. The number of alkyl halides is 5. The molecule has 15 heteroatoms. The number of ether oxygens (including phenoxy) is 1. The molecule has 1 aromatic heterocycles. The molecular weight excluding hydrogens is 670 g/mol. The number of carboxylic acids is 1. The van der Waals surface area contributed by atoms with Gasteiger partial charge in [0.25, 0.3) is 5.91 Å². The molecule has 9 nitrogen and oxygen atoms in total. The van der Waals surface area contributed by atoms with Crippen molar-refractivity contribution in [1.82, 2.24) is 19.6 Å². The Kier molecular flexibility index (Phi) is 9.72. The van der Waals surface area contributed by atoms with E-state index in [0.717, 1.165) is 10.5 Å². The van der Waals surface area contributed by atoms with Gasteiger partial charge in [-0.2, -0.15) is 18.3 Å². The average Bonchev–Trinajstić information content (AvgIpc) is 3.65. The molecule has 1 saturated carbocycles. The Bertz CT molecular complexity index is 1730. The maximum Gasteiger partial charge on any atom is 0.397 e. The summed E-state index contributed by atoms with van der Waals surface area (Å²) < 4.78 is 87.4. The maximum absolute atomic E-state index is 13.8. The summed E-state index contributed by atoms with van der Waals surface area (Å²) in [5.74, 6) is -6.52. The molecule has 2 amide bonds. The minimum Gasteiger partial charge on any atom is -0.478 e. The molecule has 3 aromatic rings. The summed E-state index contributed by atoms with van der Waals surface area (Å²) in [6.07, 6.45) is -3.65. The highest BCUT2D eigenvalue weighted by atomic mass is 19.4. The summed E-state index contributed by atoms with van der Waals surface area (Å²) in [5, 5.41) is 14.3. The molecule has 1 aliphatic carbocycles. The van der Waals surface area contributed by atoms with Gasteiger partial charge in [-0.3, -0.25) is 14.3 Å². The second kappa shape index (κ2) is 13.7. The fourth-order valence-corrected chi connectivity index (χ4v) is 7.47. The molecule has 1 N–H and O–H groups in total. The van der Waals surface area contributed by atoms with Crippen LogP contribution in [0.5, 0.6) is 0 Å². The van der Waals surface area contributed by atoms with E-state index in [0.29, 0.717) is 11.1 Å². The van der Waals surface area contributed by atoms with Crippen LogP contribution in [-0.2, 0) is 22.7 Å². The molecule has 2 saturated heterocycles. The topological polar surface area (TPSA) is 105 Å². The molecule has 3 aliphatic rings. The molecule has 3 heterocycles. The molecule has 2 aromatic carbocycles. The molecule has 2 aliphatic heterocycles. The quantitative estimate of drug-likeness (QED) is 0.255. The van der Waals surface area contributed by atoms with Gasteiger partial charge in [0.2, 0.25) is 11.8 Å². The number of hydrogen-bond acceptors (Lipinski definition) is 5. The van der Waals surface area contributed by atoms with Gasteiger partial charge in [-0.25, -0.2) is 18.0 Å². The van der Waals surface area contributed by atoms with Crippen LogP contribution in [0.2, 0.25) is 0 Å². The largest absolute Gasteiger partial charge is 0.478 e. The van der Waals surface area contributed by atoms with Crippen LogP contribution in [0.15, 0.2) is 54.9 Å². The van der Waals surface area contributed by atoms with Crippen LogP contribution in [0.1, 0.15) is 75.4 Å². The minimum absolute atomic E-state index is 0.00544. The number of amides is 2. The number of aromatic carboxylic acids is 1. The Morgan fingerprint density at radius 2 is 1.66 bits per heavy atom. The fraction of sp³-hybridized carbons (Fsp3) is 0.486. The summed E-state index contributed by atoms with van der Waals surface area (Å²) >= 11 is 0. The molecule has 6 rings (SSSR count). The van der Waals surface area contributed by atoms with E-state index in [1.54, 1.807) is 41.4 Å². The molecule has 0 bridgehead atoms. The summed E-state index contributed by atoms with van der Waals surface area (Å²) in [5.41, 5.74) is 1.13. The molecule has 0 radical (unpaired) electrons. The van der Waals surface area contributed by atoms with Crippen LogP contribution < -0.4 is 0 Å². The van der Waals surface area contributed by atoms with E-state index in [4.69, 9.17) is 4.74 Å². The normalized spacial score (nSPS) is 20.2. The summed E-state index contributed by atoms with van der Waals surface area (Å²) in [7, 11) is 0. The zero-order valence-electron chi connectivity index (χ0n) is 27.0. The summed E-state index contributed by atoms with van der Waals surface area (Å²) in [6.45, 7) is 0.487. The zero-order chi connectivity index (χ0) is 35.8. The SMILES string of the molecule is O=C(O)c1c(COC[C@@H]2CN(C(=O)c3cnn(Cc4ccc(F)cc4)c3)CC23CN(C(=O)CC(F)(F)F)C3)cccc1C1CCC(F)(F)CC1. The number of rotatable bonds is 10. The summed E-state index contributed by atoms with van der Waals surface area (Å²) in [6, 6.07) is 10.7. The Labute approximate surface area is 283 Å². The first-order valence-corrected chi connectivity index (χ1v) is 16.3. The van der Waals surface area contributed by atoms with Crippen molar-refractivity contribution >= 4 is 17.8 Å². The van der Waals surface area contributed by atoms with Crippen molar-refractivity contribution < 1.29 is 50.6 Å². The van der Waals surface area contributed by atoms with Gasteiger partial charge in [0, 0.05) is 56.6 Å². The second-order valence-electron chi connectivity index (χ2n) is 13.7. The third-order valence-electron chi connectivity index (χ3n) is 10.1. The maximum atomic E-state index is 13.8. The van der Waals surface area contributed by atoms with Gasteiger partial charge in [-0.1, -0.05) is 30.3 Å². The third-order valence-corrected chi connectivity index (χ3v) is 10.1. The molecule has 1 spiro atoms. The van der Waals surface area contributed by atoms with Crippen LogP contribution in [-0.4, -0.2) is 87.4 Å². The van der Waals surface area contributed by atoms with Crippen molar-refractivity contribution in [3.63, 3.8) is 0 Å². The van der Waals surface area contributed by atoms with Gasteiger partial charge in [0.15, 0.2) is 0 Å². The number of nitrogens with zero attached hydrogens (tertiary/aromatic N) is 4. The van der Waals surface area contributed by atoms with Crippen molar-refractivity contribution in [1.29, 1.82) is 0 Å². The van der Waals surface area contributed by atoms with Crippen molar-refractivity contribution in [2.24, 2.45) is 11.3 Å². The average molecular weight is 707 g/mol. The monoisotopic (exact) mass is 706 g/mol. The number of carbonyl (C=O) groups excluding carboxylic acids is 2. The summed E-state index contributed by atoms with van der Waals surface area (Å²) in [4.78, 5) is 41.0. The fourth-order valence-electron chi connectivity index (χ4n) is 7.47. The number of hydrogen-bond donors (Lipinski definition) is 1. The first-order chi connectivity index (χ1) is 23.6. The van der Waals surface area contributed by atoms with Crippen LogP contribution in [0.3, 0.4) is 0 Å². The zero-order valence-corrected chi connectivity index (χ0v) is 27.0. The van der Waals surface area contributed by atoms with Gasteiger partial charge in [0.05, 0.1) is 37.1 Å². The molecular formula is C35H36F6N4O5. The number of benzene rings is 2. The second-order valence-corrected chi connectivity index (χ2v) is 13.7. The van der Waals surface area contributed by atoms with E-state index in [-0.39, 0.29) is 100 Å². The van der Waals surface area contributed by atoms with E-state index in [1.807, 2.05) is 0 Å². The Hall–Kier alpha value is -4.40. The van der Waals surface area contributed by atoms with Crippen molar-refractivity contribution in [3.05, 3.63) is 88.5 Å². The van der Waals surface area contributed by atoms with Gasteiger partial charge in [-0.05, 0) is 47.6 Å². The van der Waals surface area contributed by atoms with E-state index < -0.39 is 41.7 Å². The van der Waals surface area contributed by atoms with Crippen LogP contribution in [0.4, 0.5) is 26.3 Å². The Morgan fingerprint density at radius 1 is 0.980 bits per heavy atom. The van der Waals surface area contributed by atoms with E-state index >= 15 is 0 Å². The van der Waals surface area contributed by atoms with Gasteiger partial charge in [-0.15, -0.1) is 0 Å². The lowest BCUT2D eigenvalue weighted by Crippen LogP contribution is -2.63. The van der Waals surface area contributed by atoms with Crippen LogP contribution in [0, 0.1) is 17.2 Å². The smallest absolute Gasteiger partial charge is 0.397 e. The first kappa shape index (κ1) is 35.4. The first-order valence-electron chi connectivity index (χ1n) is 16.3. The minimum atomic E-state index is -4.66. The van der Waals surface area contributed by atoms with Gasteiger partial charge >= 0.3 is 12.1 Å². The molecule has 1 atom stereocenters. The standard InChI is InChI=1S/C35H36F6N4O5/c36-27-6-4-22(5-7-27)14-45-15-25(13-42-45)31(47)43-16-26(33(19-43)20-44(21-33)29(46)12-35(39,40)41)18-50-17-24-2-1-3-28(30(24)32(48)49)23-8-10-34(37,38)11-9-23/h1-7,13,15,23,26H,8-12,14,16-21H2,(H,48,49)/t26-/m0/s1. The predicted molar refractivity (Wildman–Crippen MR) is 166 cm³/mol. The molecule has 0 unspecified atom stereocenters. The Morgan fingerprint density at radius 3 is 2.32 bits per heavy atom. The highest BCUT2D eigenvalue weighted by Crippen LogP contribution is 2.46. The number of halogens is 6. The Balaban J connectivity index is 1.15. The predicted octanol–water partition coefficient (Wildman–Crippen LogP) is 6.13. The van der Waals surface area contributed by atoms with Crippen molar-refractivity contribution in [2.45, 2.75) is 63.3 Å². The highest BCUT2D eigenvalue weighted by Gasteiger charge is 2.57. The van der Waals surface area contributed by atoms with Gasteiger partial charge in [0.1, 0.15) is 12.2 Å². The highest BCUT2D eigenvalue weighted by molar-refractivity contribution is 5.94. The van der Waals surface area contributed by atoms with Gasteiger partial charge < -0.3 is 19.6 Å². The molecule has 50 heavy (non-hydrogen) atoms. The number of carbonyl (C=O) groups is 3. The van der Waals surface area contributed by atoms with E-state index in [2.05, 4.69) is 5.10 Å². The van der Waals surface area contributed by atoms with Crippen LogP contribution in [0.25, 0.3) is 0 Å².